The third-order valence-electron chi connectivity index (χ3n) is 3.07. The average Bonchev–Trinajstić information content (AvgIpc) is 2.50. The van der Waals surface area contributed by atoms with Crippen molar-refractivity contribution in [2.24, 2.45) is 0 Å². The maximum atomic E-state index is 12.4. The number of amides is 1. The van der Waals surface area contributed by atoms with E-state index in [2.05, 4.69) is 5.32 Å². The number of likely N-dealkylation sites (N-methyl/N-ethyl adjacent to an activating group) is 1. The van der Waals surface area contributed by atoms with Crippen molar-refractivity contribution in [2.75, 3.05) is 18.9 Å². The Hall–Kier alpha value is -1.31. The molecule has 1 N–H and O–H groups in total. The number of nitrogens with one attached hydrogen (secondary N) is 1. The second kappa shape index (κ2) is 7.72. The first-order valence-corrected chi connectivity index (χ1v) is 9.24. The van der Waals surface area contributed by atoms with E-state index in [0.29, 0.717) is 20.8 Å². The summed E-state index contributed by atoms with van der Waals surface area (Å²) in [5.74, 6) is -0.549. The summed E-state index contributed by atoms with van der Waals surface area (Å²) in [4.78, 5) is 12.1. The quantitative estimate of drug-likeness (QED) is 0.817. The second-order valence-corrected chi connectivity index (χ2v) is 8.22. The van der Waals surface area contributed by atoms with E-state index in [9.17, 15) is 13.2 Å². The molecule has 5 nitrogen and oxygen atoms in total. The van der Waals surface area contributed by atoms with Crippen molar-refractivity contribution in [2.45, 2.75) is 4.90 Å². The zero-order valence-electron chi connectivity index (χ0n) is 12.5. The van der Waals surface area contributed by atoms with E-state index in [-0.39, 0.29) is 4.90 Å². The van der Waals surface area contributed by atoms with E-state index in [1.807, 2.05) is 0 Å². The zero-order chi connectivity index (χ0) is 17.9. The summed E-state index contributed by atoms with van der Waals surface area (Å²) >= 11 is 17.6. The van der Waals surface area contributed by atoms with Crippen LogP contribution in [-0.2, 0) is 14.8 Å². The minimum Gasteiger partial charge on any atom is -0.324 e. The lowest BCUT2D eigenvalue weighted by atomic mass is 10.3. The van der Waals surface area contributed by atoms with Crippen LogP contribution in [0.5, 0.6) is 0 Å². The molecule has 0 aromatic heterocycles. The molecule has 0 spiro atoms. The van der Waals surface area contributed by atoms with Gasteiger partial charge in [-0.3, -0.25) is 4.79 Å². The first-order chi connectivity index (χ1) is 11.2. The van der Waals surface area contributed by atoms with Crippen LogP contribution >= 0.6 is 34.8 Å². The Morgan fingerprint density at radius 1 is 1.08 bits per heavy atom. The highest BCUT2D eigenvalue weighted by Gasteiger charge is 2.23. The van der Waals surface area contributed by atoms with Crippen LogP contribution in [0.3, 0.4) is 0 Å². The van der Waals surface area contributed by atoms with Crippen LogP contribution in [0.15, 0.2) is 47.4 Å². The van der Waals surface area contributed by atoms with Crippen LogP contribution in [0.4, 0.5) is 5.69 Å². The number of benzene rings is 2. The third kappa shape index (κ3) is 4.62. The van der Waals surface area contributed by atoms with Crippen molar-refractivity contribution in [3.8, 4) is 0 Å². The Morgan fingerprint density at radius 2 is 1.75 bits per heavy atom. The van der Waals surface area contributed by atoms with Crippen molar-refractivity contribution >= 4 is 56.4 Å². The van der Waals surface area contributed by atoms with Crippen LogP contribution in [0, 0.1) is 0 Å². The van der Waals surface area contributed by atoms with E-state index in [4.69, 9.17) is 34.8 Å². The molecule has 0 saturated carbocycles. The highest BCUT2D eigenvalue weighted by Crippen LogP contribution is 2.25. The molecule has 1 amide bonds. The van der Waals surface area contributed by atoms with Gasteiger partial charge < -0.3 is 5.32 Å². The van der Waals surface area contributed by atoms with E-state index in [0.717, 1.165) is 4.31 Å². The number of sulfonamides is 1. The van der Waals surface area contributed by atoms with Crippen LogP contribution in [0.1, 0.15) is 0 Å². The van der Waals surface area contributed by atoms with Gasteiger partial charge in [0.2, 0.25) is 15.9 Å². The number of anilines is 1. The Balaban J connectivity index is 2.12. The molecular formula is C15H13Cl3N2O3S. The fraction of sp³-hybridized carbons (Fsp3) is 0.133. The number of hydrogen-bond acceptors (Lipinski definition) is 3. The van der Waals surface area contributed by atoms with Gasteiger partial charge in [0.25, 0.3) is 0 Å². The molecule has 128 valence electrons. The van der Waals surface area contributed by atoms with Crippen LogP contribution in [0.2, 0.25) is 15.1 Å². The number of hydrogen-bond donors (Lipinski definition) is 1. The summed E-state index contributed by atoms with van der Waals surface area (Å²) in [6.07, 6.45) is 0. The molecule has 0 heterocycles. The van der Waals surface area contributed by atoms with Gasteiger partial charge >= 0.3 is 0 Å². The molecule has 0 aliphatic heterocycles. The minimum absolute atomic E-state index is 0.00564. The van der Waals surface area contributed by atoms with Gasteiger partial charge in [-0.1, -0.05) is 40.9 Å². The molecule has 2 aromatic rings. The fourth-order valence-electron chi connectivity index (χ4n) is 1.88. The lowest BCUT2D eigenvalue weighted by molar-refractivity contribution is -0.116. The van der Waals surface area contributed by atoms with Crippen molar-refractivity contribution in [1.82, 2.24) is 4.31 Å². The Labute approximate surface area is 155 Å². The number of nitrogens with zero attached hydrogens (tertiary/aromatic N) is 1. The Bertz CT molecular complexity index is 872. The van der Waals surface area contributed by atoms with Gasteiger partial charge in [-0.05, 0) is 36.4 Å². The molecule has 2 rings (SSSR count). The topological polar surface area (TPSA) is 66.5 Å². The van der Waals surface area contributed by atoms with E-state index in [1.54, 1.807) is 12.1 Å². The monoisotopic (exact) mass is 406 g/mol. The molecule has 0 unspecified atom stereocenters. The Kier molecular flexibility index (Phi) is 6.11. The maximum absolute atomic E-state index is 12.4. The molecule has 0 aliphatic rings. The largest absolute Gasteiger partial charge is 0.324 e. The van der Waals surface area contributed by atoms with Crippen LogP contribution in [-0.4, -0.2) is 32.2 Å². The summed E-state index contributed by atoms with van der Waals surface area (Å²) in [7, 11) is -2.54. The van der Waals surface area contributed by atoms with Gasteiger partial charge in [0.05, 0.1) is 22.2 Å². The molecule has 0 saturated heterocycles. The van der Waals surface area contributed by atoms with Crippen molar-refractivity contribution in [3.63, 3.8) is 0 Å². The lowest BCUT2D eigenvalue weighted by Crippen LogP contribution is -2.35. The SMILES string of the molecule is CN(CC(=O)Nc1cc(Cl)ccc1Cl)S(=O)(=O)c1cccc(Cl)c1. The molecule has 0 radical (unpaired) electrons. The van der Waals surface area contributed by atoms with E-state index in [1.165, 1.54) is 37.4 Å². The first-order valence-electron chi connectivity index (χ1n) is 6.67. The van der Waals surface area contributed by atoms with Crippen molar-refractivity contribution in [3.05, 3.63) is 57.5 Å². The summed E-state index contributed by atoms with van der Waals surface area (Å²) in [6.45, 7) is -0.391. The molecule has 0 bridgehead atoms. The smallest absolute Gasteiger partial charge is 0.243 e. The number of halogens is 3. The molecule has 0 aliphatic carbocycles. The standard InChI is InChI=1S/C15H13Cl3N2O3S/c1-20(24(22,23)12-4-2-3-10(16)7-12)9-15(21)19-14-8-11(17)5-6-13(14)18/h2-8H,9H2,1H3,(H,19,21). The van der Waals surface area contributed by atoms with Crippen molar-refractivity contribution in [1.29, 1.82) is 0 Å². The lowest BCUT2D eigenvalue weighted by Gasteiger charge is -2.17. The van der Waals surface area contributed by atoms with Crippen LogP contribution < -0.4 is 5.32 Å². The second-order valence-electron chi connectivity index (χ2n) is 4.89. The number of carbonyl (C=O) groups excluding carboxylic acids is 1. The van der Waals surface area contributed by atoms with Gasteiger partial charge in [0.1, 0.15) is 0 Å². The highest BCUT2D eigenvalue weighted by molar-refractivity contribution is 7.89. The summed E-state index contributed by atoms with van der Waals surface area (Å²) < 4.78 is 25.8. The predicted octanol–water partition coefficient (Wildman–Crippen LogP) is 3.91. The molecule has 9 heteroatoms. The molecular weight excluding hydrogens is 395 g/mol. The summed E-state index contributed by atoms with van der Waals surface area (Å²) in [5.41, 5.74) is 0.308. The zero-order valence-corrected chi connectivity index (χ0v) is 15.5. The maximum Gasteiger partial charge on any atom is 0.243 e. The average molecular weight is 408 g/mol. The van der Waals surface area contributed by atoms with Gasteiger partial charge in [0, 0.05) is 17.1 Å². The van der Waals surface area contributed by atoms with Gasteiger partial charge in [-0.2, -0.15) is 4.31 Å². The van der Waals surface area contributed by atoms with Crippen molar-refractivity contribution < 1.29 is 13.2 Å². The third-order valence-corrected chi connectivity index (χ3v) is 5.67. The normalized spacial score (nSPS) is 11.5. The van der Waals surface area contributed by atoms with Crippen LogP contribution in [0.25, 0.3) is 0 Å². The number of carbonyl (C=O) groups is 1. The summed E-state index contributed by atoms with van der Waals surface area (Å²) in [6, 6.07) is 10.4. The fourth-order valence-corrected chi connectivity index (χ4v) is 3.64. The minimum atomic E-state index is -3.84. The van der Waals surface area contributed by atoms with Gasteiger partial charge in [0.15, 0.2) is 0 Å². The number of rotatable bonds is 5. The summed E-state index contributed by atoms with van der Waals surface area (Å²) in [5, 5.41) is 3.52. The molecule has 24 heavy (non-hydrogen) atoms. The van der Waals surface area contributed by atoms with E-state index >= 15 is 0 Å². The first kappa shape index (κ1) is 19.0. The molecule has 0 fully saturated rings. The van der Waals surface area contributed by atoms with Gasteiger partial charge in [-0.15, -0.1) is 0 Å². The highest BCUT2D eigenvalue weighted by atomic mass is 35.5. The molecule has 2 aromatic carbocycles. The predicted molar refractivity (Wildman–Crippen MR) is 96.4 cm³/mol. The van der Waals surface area contributed by atoms with E-state index < -0.39 is 22.5 Å². The molecule has 0 atom stereocenters. The Morgan fingerprint density at radius 3 is 2.42 bits per heavy atom. The van der Waals surface area contributed by atoms with Gasteiger partial charge in [-0.25, -0.2) is 8.42 Å².